The summed E-state index contributed by atoms with van der Waals surface area (Å²) < 4.78 is 3.83. The summed E-state index contributed by atoms with van der Waals surface area (Å²) in [5.41, 5.74) is 2.63. The molecule has 0 aliphatic carbocycles. The summed E-state index contributed by atoms with van der Waals surface area (Å²) in [5.74, 6) is 0. The second kappa shape index (κ2) is 5.89. The van der Waals surface area contributed by atoms with Gasteiger partial charge in [-0.3, -0.25) is 0 Å². The molecule has 0 aliphatic heterocycles. The quantitative estimate of drug-likeness (QED) is 0.762. The molecule has 0 radical (unpaired) electrons. The van der Waals surface area contributed by atoms with E-state index in [0.717, 1.165) is 0 Å². The second-order valence-corrected chi connectivity index (χ2v) is 6.44. The summed E-state index contributed by atoms with van der Waals surface area (Å²) in [4.78, 5) is 0. The van der Waals surface area contributed by atoms with Crippen LogP contribution in [-0.4, -0.2) is 20.9 Å². The predicted molar refractivity (Wildman–Crippen MR) is 72.0 cm³/mol. The zero-order valence-corrected chi connectivity index (χ0v) is 11.6. The van der Waals surface area contributed by atoms with E-state index in [1.807, 2.05) is 6.07 Å². The molecule has 0 bridgehead atoms. The molecule has 0 saturated heterocycles. The molecule has 0 atom stereocenters. The van der Waals surface area contributed by atoms with E-state index in [0.29, 0.717) is 0 Å². The first-order valence-electron chi connectivity index (χ1n) is 5.29. The molecule has 16 heavy (non-hydrogen) atoms. The van der Waals surface area contributed by atoms with Crippen molar-refractivity contribution < 1.29 is 0 Å². The number of aryl methyl sites for hydroxylation is 1. The fraction of sp³-hybridized carbons (Fsp3) is 0.0667. The summed E-state index contributed by atoms with van der Waals surface area (Å²) in [7, 11) is 0. The Kier molecular flexibility index (Phi) is 4.22. The van der Waals surface area contributed by atoms with Crippen LogP contribution in [-0.2, 0) is 0 Å². The van der Waals surface area contributed by atoms with Crippen LogP contribution in [0.2, 0.25) is 0 Å². The molecular formula is C15H14Te. The van der Waals surface area contributed by atoms with Gasteiger partial charge >= 0.3 is 107 Å². The average molecular weight is 322 g/mol. The maximum absolute atomic E-state index is 2.34. The Morgan fingerprint density at radius 2 is 1.56 bits per heavy atom. The first-order valence-corrected chi connectivity index (χ1v) is 7.80. The second-order valence-electron chi connectivity index (χ2n) is 3.64. The van der Waals surface area contributed by atoms with Gasteiger partial charge in [-0.15, -0.1) is 0 Å². The van der Waals surface area contributed by atoms with Gasteiger partial charge in [0.05, 0.1) is 0 Å². The Morgan fingerprint density at radius 3 is 2.25 bits per heavy atom. The predicted octanol–water partition coefficient (Wildman–Crippen LogP) is 3.00. The molecule has 1 heteroatoms. The molecule has 0 N–H and O–H groups in total. The van der Waals surface area contributed by atoms with Crippen LogP contribution < -0.4 is 3.61 Å². The van der Waals surface area contributed by atoms with Crippen LogP contribution in [0.4, 0.5) is 0 Å². The van der Waals surface area contributed by atoms with Crippen molar-refractivity contribution in [1.29, 1.82) is 0 Å². The normalized spacial score (nSPS) is 10.8. The van der Waals surface area contributed by atoms with E-state index in [-0.39, 0.29) is 20.9 Å². The van der Waals surface area contributed by atoms with Gasteiger partial charge in [-0.1, -0.05) is 0 Å². The Hall–Kier alpha value is -1.03. The third-order valence-electron chi connectivity index (χ3n) is 2.29. The van der Waals surface area contributed by atoms with E-state index in [1.165, 1.54) is 14.7 Å². The fourth-order valence-electron chi connectivity index (χ4n) is 1.37. The molecule has 0 nitrogen and oxygen atoms in total. The molecule has 80 valence electrons. The maximum atomic E-state index is 2.34. The van der Waals surface area contributed by atoms with E-state index >= 15 is 0 Å². The number of hydrogen-bond acceptors (Lipinski definition) is 0. The first-order chi connectivity index (χ1) is 7.84. The van der Waals surface area contributed by atoms with Crippen LogP contribution in [0.1, 0.15) is 11.1 Å². The van der Waals surface area contributed by atoms with Gasteiger partial charge in [0.25, 0.3) is 0 Å². The van der Waals surface area contributed by atoms with Gasteiger partial charge in [0.15, 0.2) is 0 Å². The Bertz CT molecular complexity index is 455. The molecule has 0 fully saturated rings. The van der Waals surface area contributed by atoms with E-state index in [2.05, 4.69) is 65.7 Å². The molecule has 0 aromatic heterocycles. The molecule has 0 unspecified atom stereocenters. The molecule has 0 heterocycles. The van der Waals surface area contributed by atoms with E-state index in [4.69, 9.17) is 0 Å². The van der Waals surface area contributed by atoms with Crippen LogP contribution in [0.5, 0.6) is 0 Å². The number of rotatable bonds is 3. The Balaban J connectivity index is 1.97. The van der Waals surface area contributed by atoms with E-state index in [9.17, 15) is 0 Å². The summed E-state index contributed by atoms with van der Waals surface area (Å²) in [6.45, 7) is 2.13. The minimum absolute atomic E-state index is 0.172. The van der Waals surface area contributed by atoms with E-state index in [1.54, 1.807) is 0 Å². The van der Waals surface area contributed by atoms with Crippen molar-refractivity contribution in [3.63, 3.8) is 0 Å². The van der Waals surface area contributed by atoms with Crippen molar-refractivity contribution in [2.24, 2.45) is 0 Å². The minimum atomic E-state index is -0.172. The molecular weight excluding hydrogens is 308 g/mol. The average Bonchev–Trinajstić information content (AvgIpc) is 2.33. The summed E-state index contributed by atoms with van der Waals surface area (Å²) in [5, 5.41) is 0. The monoisotopic (exact) mass is 324 g/mol. The first kappa shape index (κ1) is 11.5. The summed E-state index contributed by atoms with van der Waals surface area (Å²) >= 11 is -0.172. The molecule has 0 amide bonds. The SMILES string of the molecule is Cc1ccc([Te]/C=C/c2ccccc2)cc1. The Morgan fingerprint density at radius 1 is 0.875 bits per heavy atom. The molecule has 2 rings (SSSR count). The van der Waals surface area contributed by atoms with Crippen molar-refractivity contribution in [3.05, 3.63) is 69.8 Å². The van der Waals surface area contributed by atoms with Crippen LogP contribution in [0.15, 0.2) is 58.7 Å². The van der Waals surface area contributed by atoms with Crippen molar-refractivity contribution in [2.45, 2.75) is 6.92 Å². The van der Waals surface area contributed by atoms with E-state index < -0.39 is 0 Å². The van der Waals surface area contributed by atoms with Gasteiger partial charge in [0.2, 0.25) is 0 Å². The molecule has 2 aromatic rings. The number of hydrogen-bond donors (Lipinski definition) is 0. The summed E-state index contributed by atoms with van der Waals surface area (Å²) in [6.07, 6.45) is 2.22. The zero-order valence-electron chi connectivity index (χ0n) is 9.26. The zero-order chi connectivity index (χ0) is 11.2. The molecule has 0 saturated carbocycles. The van der Waals surface area contributed by atoms with Crippen molar-refractivity contribution in [2.75, 3.05) is 0 Å². The van der Waals surface area contributed by atoms with Crippen molar-refractivity contribution >= 4 is 30.6 Å². The molecule has 0 aliphatic rings. The standard InChI is InChI=1S/C15H14Te/c1-13-7-9-15(10-8-13)16-12-11-14-5-3-2-4-6-14/h2-12H,1H3/b12-11+. The number of benzene rings is 2. The Labute approximate surface area is 107 Å². The van der Waals surface area contributed by atoms with Crippen molar-refractivity contribution in [1.82, 2.24) is 0 Å². The third kappa shape index (κ3) is 3.52. The summed E-state index contributed by atoms with van der Waals surface area (Å²) in [6, 6.07) is 19.3. The van der Waals surface area contributed by atoms with Crippen LogP contribution in [0.25, 0.3) is 6.08 Å². The van der Waals surface area contributed by atoms with Crippen LogP contribution in [0.3, 0.4) is 0 Å². The van der Waals surface area contributed by atoms with Gasteiger partial charge in [-0.2, -0.15) is 0 Å². The third-order valence-corrected chi connectivity index (χ3v) is 4.62. The van der Waals surface area contributed by atoms with Gasteiger partial charge in [0, 0.05) is 0 Å². The van der Waals surface area contributed by atoms with Crippen molar-refractivity contribution in [3.8, 4) is 0 Å². The van der Waals surface area contributed by atoms with Gasteiger partial charge in [-0.25, -0.2) is 0 Å². The topological polar surface area (TPSA) is 0 Å². The molecule has 2 aromatic carbocycles. The van der Waals surface area contributed by atoms with Gasteiger partial charge in [0.1, 0.15) is 0 Å². The van der Waals surface area contributed by atoms with Crippen LogP contribution >= 0.6 is 0 Å². The molecule has 0 spiro atoms. The fourth-order valence-corrected chi connectivity index (χ4v) is 3.30. The van der Waals surface area contributed by atoms with Gasteiger partial charge < -0.3 is 0 Å². The van der Waals surface area contributed by atoms with Crippen LogP contribution in [0, 0.1) is 6.92 Å². The van der Waals surface area contributed by atoms with Gasteiger partial charge in [-0.05, 0) is 0 Å².